The van der Waals surface area contributed by atoms with Gasteiger partial charge in [-0.25, -0.2) is 0 Å². The summed E-state index contributed by atoms with van der Waals surface area (Å²) in [7, 11) is 1.49. The number of carbonyl (C=O) groups excluding carboxylic acids is 1. The van der Waals surface area contributed by atoms with Crippen LogP contribution in [0, 0.1) is 23.7 Å². The predicted molar refractivity (Wildman–Crippen MR) is 50.0 cm³/mol. The van der Waals surface area contributed by atoms with Crippen LogP contribution in [0.1, 0.15) is 19.8 Å². The lowest BCUT2D eigenvalue weighted by molar-refractivity contribution is -0.148. The van der Waals surface area contributed by atoms with Gasteiger partial charge < -0.3 is 4.74 Å². The fourth-order valence-electron chi connectivity index (χ4n) is 2.97. The Morgan fingerprint density at radius 1 is 1.46 bits per heavy atom. The van der Waals surface area contributed by atoms with Crippen LogP contribution in [-0.2, 0) is 9.53 Å². The molecule has 2 heteroatoms. The maximum Gasteiger partial charge on any atom is 0.309 e. The summed E-state index contributed by atoms with van der Waals surface area (Å²) in [6.07, 6.45) is 6.72. The molecule has 1 saturated carbocycles. The van der Waals surface area contributed by atoms with Crippen molar-refractivity contribution in [2.75, 3.05) is 7.11 Å². The molecule has 0 amide bonds. The normalized spacial score (nSPS) is 41.1. The summed E-state index contributed by atoms with van der Waals surface area (Å²) in [4.78, 5) is 11.5. The molecule has 2 nitrogen and oxygen atoms in total. The summed E-state index contributed by atoms with van der Waals surface area (Å²) in [6, 6.07) is 0. The molecule has 0 heterocycles. The van der Waals surface area contributed by atoms with E-state index in [9.17, 15) is 4.79 Å². The summed E-state index contributed by atoms with van der Waals surface area (Å²) in [5.41, 5.74) is 0. The van der Waals surface area contributed by atoms with Crippen LogP contribution in [0.5, 0.6) is 0 Å². The topological polar surface area (TPSA) is 26.3 Å². The summed E-state index contributed by atoms with van der Waals surface area (Å²) < 4.78 is 4.85. The van der Waals surface area contributed by atoms with Gasteiger partial charge in [-0.2, -0.15) is 0 Å². The van der Waals surface area contributed by atoms with E-state index in [1.54, 1.807) is 0 Å². The van der Waals surface area contributed by atoms with Crippen molar-refractivity contribution in [1.29, 1.82) is 0 Å². The smallest absolute Gasteiger partial charge is 0.309 e. The number of esters is 1. The van der Waals surface area contributed by atoms with E-state index in [2.05, 4.69) is 19.1 Å². The van der Waals surface area contributed by atoms with Crippen LogP contribution in [-0.4, -0.2) is 13.1 Å². The van der Waals surface area contributed by atoms with Crippen LogP contribution in [0.25, 0.3) is 0 Å². The largest absolute Gasteiger partial charge is 0.469 e. The second-order valence-electron chi connectivity index (χ2n) is 4.07. The Morgan fingerprint density at radius 2 is 2.15 bits per heavy atom. The van der Waals surface area contributed by atoms with E-state index in [1.165, 1.54) is 7.11 Å². The Morgan fingerprint density at radius 3 is 2.77 bits per heavy atom. The first-order valence-electron chi connectivity index (χ1n) is 5.04. The number of allylic oxidation sites excluding steroid dienone is 2. The molecule has 2 aliphatic carbocycles. The minimum atomic E-state index is -0.0105. The number of hydrogen-bond acceptors (Lipinski definition) is 2. The quantitative estimate of drug-likeness (QED) is 0.480. The second-order valence-corrected chi connectivity index (χ2v) is 4.07. The third-order valence-corrected chi connectivity index (χ3v) is 3.57. The maximum absolute atomic E-state index is 11.5. The summed E-state index contributed by atoms with van der Waals surface area (Å²) >= 11 is 0. The van der Waals surface area contributed by atoms with Crippen LogP contribution in [0.3, 0.4) is 0 Å². The van der Waals surface area contributed by atoms with Gasteiger partial charge in [0.1, 0.15) is 0 Å². The van der Waals surface area contributed by atoms with Gasteiger partial charge in [0.15, 0.2) is 0 Å². The minimum Gasteiger partial charge on any atom is -0.469 e. The zero-order chi connectivity index (χ0) is 9.42. The van der Waals surface area contributed by atoms with Gasteiger partial charge in [-0.05, 0) is 24.2 Å². The second kappa shape index (κ2) is 3.17. The van der Waals surface area contributed by atoms with E-state index in [0.717, 1.165) is 12.8 Å². The van der Waals surface area contributed by atoms with E-state index in [0.29, 0.717) is 17.8 Å². The van der Waals surface area contributed by atoms with Gasteiger partial charge in [-0.15, -0.1) is 0 Å². The van der Waals surface area contributed by atoms with Crippen LogP contribution in [0.2, 0.25) is 0 Å². The number of hydrogen-bond donors (Lipinski definition) is 0. The lowest BCUT2D eigenvalue weighted by Gasteiger charge is -2.24. The Balaban J connectivity index is 2.18. The minimum absolute atomic E-state index is 0.0105. The van der Waals surface area contributed by atoms with Crippen molar-refractivity contribution < 1.29 is 9.53 Å². The zero-order valence-corrected chi connectivity index (χ0v) is 8.19. The van der Waals surface area contributed by atoms with E-state index in [4.69, 9.17) is 4.74 Å². The highest BCUT2D eigenvalue weighted by atomic mass is 16.5. The lowest BCUT2D eigenvalue weighted by Crippen LogP contribution is -2.28. The maximum atomic E-state index is 11.5. The molecule has 0 N–H and O–H groups in total. The molecule has 4 unspecified atom stereocenters. The number of methoxy groups -OCH3 is 1. The highest BCUT2D eigenvalue weighted by Gasteiger charge is 2.47. The van der Waals surface area contributed by atoms with Gasteiger partial charge in [0.2, 0.25) is 0 Å². The van der Waals surface area contributed by atoms with Crippen molar-refractivity contribution in [3.8, 4) is 0 Å². The first-order valence-corrected chi connectivity index (χ1v) is 5.04. The Kier molecular flexibility index (Phi) is 2.14. The van der Waals surface area contributed by atoms with E-state index in [1.807, 2.05) is 0 Å². The standard InChI is InChI=1S/C11H16O2/c1-3-9-7-4-5-8(6-7)10(9)11(12)13-2/h4-5,7-10H,3,6H2,1-2H3. The summed E-state index contributed by atoms with van der Waals surface area (Å²) in [5.74, 6) is 1.76. The molecule has 13 heavy (non-hydrogen) atoms. The Bertz CT molecular complexity index is 244. The Labute approximate surface area is 79.0 Å². The third-order valence-electron chi connectivity index (χ3n) is 3.57. The monoisotopic (exact) mass is 180 g/mol. The van der Waals surface area contributed by atoms with E-state index >= 15 is 0 Å². The summed E-state index contributed by atoms with van der Waals surface area (Å²) in [6.45, 7) is 2.16. The molecule has 0 aromatic rings. The van der Waals surface area contributed by atoms with Gasteiger partial charge in [0.05, 0.1) is 13.0 Å². The molecule has 4 atom stereocenters. The van der Waals surface area contributed by atoms with E-state index < -0.39 is 0 Å². The van der Waals surface area contributed by atoms with Crippen LogP contribution >= 0.6 is 0 Å². The molecule has 0 aliphatic heterocycles. The van der Waals surface area contributed by atoms with Crippen molar-refractivity contribution in [1.82, 2.24) is 0 Å². The van der Waals surface area contributed by atoms with Crippen LogP contribution < -0.4 is 0 Å². The molecular formula is C11H16O2. The van der Waals surface area contributed by atoms with Gasteiger partial charge in [0, 0.05) is 0 Å². The zero-order valence-electron chi connectivity index (χ0n) is 8.19. The SMILES string of the molecule is CCC1C2C=CC(C2)C1C(=O)OC. The van der Waals surface area contributed by atoms with Crippen LogP contribution in [0.15, 0.2) is 12.2 Å². The molecule has 0 spiro atoms. The van der Waals surface area contributed by atoms with Crippen molar-refractivity contribution in [2.24, 2.45) is 23.7 Å². The number of carbonyl (C=O) groups is 1. The van der Waals surface area contributed by atoms with Crippen molar-refractivity contribution in [2.45, 2.75) is 19.8 Å². The van der Waals surface area contributed by atoms with Gasteiger partial charge in [-0.1, -0.05) is 25.5 Å². The first-order chi connectivity index (χ1) is 6.27. The van der Waals surface area contributed by atoms with E-state index in [-0.39, 0.29) is 11.9 Å². The molecule has 0 saturated heterocycles. The molecule has 2 aliphatic rings. The molecule has 2 rings (SSSR count). The van der Waals surface area contributed by atoms with Gasteiger partial charge >= 0.3 is 5.97 Å². The molecule has 2 bridgehead atoms. The fourth-order valence-corrected chi connectivity index (χ4v) is 2.97. The lowest BCUT2D eigenvalue weighted by atomic mass is 9.81. The molecule has 1 fully saturated rings. The highest BCUT2D eigenvalue weighted by Crippen LogP contribution is 2.49. The Hall–Kier alpha value is -0.790. The van der Waals surface area contributed by atoms with Gasteiger partial charge in [0.25, 0.3) is 0 Å². The van der Waals surface area contributed by atoms with Crippen LogP contribution in [0.4, 0.5) is 0 Å². The first kappa shape index (κ1) is 8.79. The third kappa shape index (κ3) is 1.19. The molecule has 72 valence electrons. The number of ether oxygens (including phenoxy) is 1. The van der Waals surface area contributed by atoms with Crippen molar-refractivity contribution >= 4 is 5.97 Å². The molecule has 0 aromatic heterocycles. The van der Waals surface area contributed by atoms with Crippen molar-refractivity contribution in [3.63, 3.8) is 0 Å². The molecular weight excluding hydrogens is 164 g/mol. The number of rotatable bonds is 2. The fraction of sp³-hybridized carbons (Fsp3) is 0.727. The average Bonchev–Trinajstić information content (AvgIpc) is 2.74. The summed E-state index contributed by atoms with van der Waals surface area (Å²) in [5, 5.41) is 0. The molecule has 0 radical (unpaired) electrons. The van der Waals surface area contributed by atoms with Gasteiger partial charge in [-0.3, -0.25) is 4.79 Å². The molecule has 0 aromatic carbocycles. The average molecular weight is 180 g/mol. The number of fused-ring (bicyclic) bond motifs is 2. The predicted octanol–water partition coefficient (Wildman–Crippen LogP) is 2.01. The highest BCUT2D eigenvalue weighted by molar-refractivity contribution is 5.74. The van der Waals surface area contributed by atoms with Crippen molar-refractivity contribution in [3.05, 3.63) is 12.2 Å².